The Morgan fingerprint density at radius 1 is 1.50 bits per heavy atom. The van der Waals surface area contributed by atoms with Crippen LogP contribution in [0.15, 0.2) is 17.4 Å². The number of hydrogen-bond acceptors (Lipinski definition) is 5. The third-order valence-corrected chi connectivity index (χ3v) is 2.17. The molecule has 0 unspecified atom stereocenters. The van der Waals surface area contributed by atoms with Crippen LogP contribution < -0.4 is 0 Å². The van der Waals surface area contributed by atoms with Crippen LogP contribution in [0.3, 0.4) is 0 Å². The first-order valence-corrected chi connectivity index (χ1v) is 5.38. The highest BCUT2D eigenvalue weighted by molar-refractivity contribution is 7.99. The number of ether oxygens (including phenoxy) is 1. The Kier molecular flexibility index (Phi) is 4.39. The van der Waals surface area contributed by atoms with Gasteiger partial charge in [-0.15, -0.1) is 11.8 Å². The second kappa shape index (κ2) is 5.59. The molecule has 5 heteroatoms. The van der Waals surface area contributed by atoms with Crippen LogP contribution in [-0.4, -0.2) is 28.3 Å². The van der Waals surface area contributed by atoms with Gasteiger partial charge < -0.3 is 4.74 Å². The van der Waals surface area contributed by atoms with Gasteiger partial charge in [0.2, 0.25) is 0 Å². The highest BCUT2D eigenvalue weighted by Crippen LogP contribution is 2.13. The Morgan fingerprint density at radius 3 is 2.93 bits per heavy atom. The topological polar surface area (TPSA) is 52.1 Å². The van der Waals surface area contributed by atoms with Crippen molar-refractivity contribution in [2.75, 3.05) is 12.4 Å². The SMILES string of the molecule is CCOC(=O)c1cncc(SCC)n1. The van der Waals surface area contributed by atoms with Crippen LogP contribution in [0.5, 0.6) is 0 Å². The maximum Gasteiger partial charge on any atom is 0.358 e. The number of hydrogen-bond donors (Lipinski definition) is 0. The zero-order valence-electron chi connectivity index (χ0n) is 8.19. The summed E-state index contributed by atoms with van der Waals surface area (Å²) in [6.45, 7) is 4.13. The van der Waals surface area contributed by atoms with E-state index in [4.69, 9.17) is 4.74 Å². The molecule has 0 radical (unpaired) electrons. The third-order valence-electron chi connectivity index (χ3n) is 1.39. The number of carbonyl (C=O) groups excluding carboxylic acids is 1. The standard InChI is InChI=1S/C9H12N2O2S/c1-3-13-9(12)7-5-10-6-8(11-7)14-4-2/h5-6H,3-4H2,1-2H3. The van der Waals surface area contributed by atoms with Gasteiger partial charge in [0.25, 0.3) is 0 Å². The van der Waals surface area contributed by atoms with Crippen LogP contribution in [0.2, 0.25) is 0 Å². The van der Waals surface area contributed by atoms with Gasteiger partial charge in [0.1, 0.15) is 5.03 Å². The number of esters is 1. The third kappa shape index (κ3) is 2.99. The number of rotatable bonds is 4. The first-order chi connectivity index (χ1) is 6.77. The summed E-state index contributed by atoms with van der Waals surface area (Å²) in [5.74, 6) is 0.486. The van der Waals surface area contributed by atoms with E-state index in [0.29, 0.717) is 6.61 Å². The lowest BCUT2D eigenvalue weighted by molar-refractivity contribution is 0.0518. The molecule has 0 aliphatic rings. The van der Waals surface area contributed by atoms with E-state index in [2.05, 4.69) is 9.97 Å². The van der Waals surface area contributed by atoms with E-state index in [-0.39, 0.29) is 5.69 Å². The molecule has 0 saturated heterocycles. The van der Waals surface area contributed by atoms with E-state index in [1.807, 2.05) is 6.92 Å². The molecule has 0 bridgehead atoms. The minimum absolute atomic E-state index is 0.269. The molecule has 0 aliphatic carbocycles. The van der Waals surface area contributed by atoms with Gasteiger partial charge in [-0.05, 0) is 12.7 Å². The van der Waals surface area contributed by atoms with Gasteiger partial charge in [-0.25, -0.2) is 9.78 Å². The molecule has 0 spiro atoms. The van der Waals surface area contributed by atoms with Crippen LogP contribution in [0, 0.1) is 0 Å². The maximum atomic E-state index is 11.3. The summed E-state index contributed by atoms with van der Waals surface area (Å²) < 4.78 is 4.81. The molecule has 0 amide bonds. The molecule has 0 N–H and O–H groups in total. The number of carbonyl (C=O) groups is 1. The second-order valence-corrected chi connectivity index (χ2v) is 3.68. The van der Waals surface area contributed by atoms with Crippen LogP contribution in [0.1, 0.15) is 24.3 Å². The Bertz CT molecular complexity index is 317. The number of aromatic nitrogens is 2. The summed E-state index contributed by atoms with van der Waals surface area (Å²) in [7, 11) is 0. The van der Waals surface area contributed by atoms with Crippen LogP contribution in [-0.2, 0) is 4.74 Å². The van der Waals surface area contributed by atoms with E-state index in [1.54, 1.807) is 24.9 Å². The molecule has 4 nitrogen and oxygen atoms in total. The molecule has 14 heavy (non-hydrogen) atoms. The average Bonchev–Trinajstić information content (AvgIpc) is 2.19. The van der Waals surface area contributed by atoms with Crippen molar-refractivity contribution in [3.8, 4) is 0 Å². The fraction of sp³-hybridized carbons (Fsp3) is 0.444. The van der Waals surface area contributed by atoms with Crippen molar-refractivity contribution in [2.24, 2.45) is 0 Å². The molecule has 76 valence electrons. The lowest BCUT2D eigenvalue weighted by Gasteiger charge is -2.01. The van der Waals surface area contributed by atoms with Crippen molar-refractivity contribution in [2.45, 2.75) is 18.9 Å². The molecule has 0 saturated carbocycles. The molecule has 1 heterocycles. The zero-order valence-corrected chi connectivity index (χ0v) is 9.00. The highest BCUT2D eigenvalue weighted by atomic mass is 32.2. The number of nitrogens with zero attached hydrogens (tertiary/aromatic N) is 2. The largest absolute Gasteiger partial charge is 0.461 e. The molecule has 1 rings (SSSR count). The van der Waals surface area contributed by atoms with Gasteiger partial charge in [0, 0.05) is 0 Å². The summed E-state index contributed by atoms with van der Waals surface area (Å²) in [6.07, 6.45) is 3.05. The zero-order chi connectivity index (χ0) is 10.4. The molecule has 0 aromatic carbocycles. The number of thioether (sulfide) groups is 1. The van der Waals surface area contributed by atoms with Gasteiger partial charge in [0.05, 0.1) is 19.0 Å². The van der Waals surface area contributed by atoms with E-state index in [9.17, 15) is 4.79 Å². The van der Waals surface area contributed by atoms with Crippen molar-refractivity contribution in [3.05, 3.63) is 18.1 Å². The molecular formula is C9H12N2O2S. The van der Waals surface area contributed by atoms with Gasteiger partial charge in [-0.1, -0.05) is 6.92 Å². The van der Waals surface area contributed by atoms with E-state index in [0.717, 1.165) is 10.8 Å². The van der Waals surface area contributed by atoms with Crippen LogP contribution in [0.4, 0.5) is 0 Å². The Balaban J connectivity index is 2.77. The summed E-state index contributed by atoms with van der Waals surface area (Å²) in [6, 6.07) is 0. The monoisotopic (exact) mass is 212 g/mol. The summed E-state index contributed by atoms with van der Waals surface area (Å²) in [5.41, 5.74) is 0.269. The first-order valence-electron chi connectivity index (χ1n) is 4.39. The minimum atomic E-state index is -0.418. The van der Waals surface area contributed by atoms with Crippen molar-refractivity contribution in [3.63, 3.8) is 0 Å². The minimum Gasteiger partial charge on any atom is -0.461 e. The molecule has 0 fully saturated rings. The fourth-order valence-electron chi connectivity index (χ4n) is 0.869. The Labute approximate surface area is 87.1 Å². The van der Waals surface area contributed by atoms with Gasteiger partial charge in [-0.3, -0.25) is 4.98 Å². The lowest BCUT2D eigenvalue weighted by Crippen LogP contribution is -2.07. The maximum absolute atomic E-state index is 11.3. The first kappa shape index (κ1) is 11.0. The summed E-state index contributed by atoms with van der Waals surface area (Å²) in [4.78, 5) is 19.3. The van der Waals surface area contributed by atoms with Crippen molar-refractivity contribution in [1.82, 2.24) is 9.97 Å². The van der Waals surface area contributed by atoms with E-state index in [1.165, 1.54) is 6.20 Å². The van der Waals surface area contributed by atoms with E-state index < -0.39 is 5.97 Å². The molecule has 0 atom stereocenters. The quantitative estimate of drug-likeness (QED) is 0.562. The Morgan fingerprint density at radius 2 is 2.29 bits per heavy atom. The van der Waals surface area contributed by atoms with Gasteiger partial charge in [0.15, 0.2) is 5.69 Å². The fourth-order valence-corrected chi connectivity index (χ4v) is 1.46. The van der Waals surface area contributed by atoms with Crippen molar-refractivity contribution < 1.29 is 9.53 Å². The lowest BCUT2D eigenvalue weighted by atomic mass is 10.5. The average molecular weight is 212 g/mol. The smallest absolute Gasteiger partial charge is 0.358 e. The molecular weight excluding hydrogens is 200 g/mol. The van der Waals surface area contributed by atoms with Crippen LogP contribution >= 0.6 is 11.8 Å². The predicted molar refractivity (Wildman–Crippen MR) is 54.4 cm³/mol. The predicted octanol–water partition coefficient (Wildman–Crippen LogP) is 1.77. The van der Waals surface area contributed by atoms with E-state index >= 15 is 0 Å². The van der Waals surface area contributed by atoms with Crippen LogP contribution in [0.25, 0.3) is 0 Å². The van der Waals surface area contributed by atoms with Crippen molar-refractivity contribution in [1.29, 1.82) is 0 Å². The second-order valence-electron chi connectivity index (χ2n) is 2.40. The summed E-state index contributed by atoms with van der Waals surface area (Å²) in [5, 5.41) is 0.748. The summed E-state index contributed by atoms with van der Waals surface area (Å²) >= 11 is 1.54. The van der Waals surface area contributed by atoms with Gasteiger partial charge in [-0.2, -0.15) is 0 Å². The highest BCUT2D eigenvalue weighted by Gasteiger charge is 2.08. The van der Waals surface area contributed by atoms with Crippen molar-refractivity contribution >= 4 is 17.7 Å². The molecule has 1 aromatic rings. The normalized spacial score (nSPS) is 9.86. The molecule has 1 aromatic heterocycles. The van der Waals surface area contributed by atoms with Gasteiger partial charge >= 0.3 is 5.97 Å². The molecule has 0 aliphatic heterocycles. The Hall–Kier alpha value is -1.10.